The first kappa shape index (κ1) is 16.3. The van der Waals surface area contributed by atoms with Crippen molar-refractivity contribution in [1.29, 1.82) is 0 Å². The van der Waals surface area contributed by atoms with Gasteiger partial charge < -0.3 is 9.64 Å². The summed E-state index contributed by atoms with van der Waals surface area (Å²) in [5.74, 6) is 0.806. The number of aromatic nitrogens is 4. The van der Waals surface area contributed by atoms with Crippen LogP contribution >= 0.6 is 0 Å². The van der Waals surface area contributed by atoms with Crippen LogP contribution in [0.2, 0.25) is 0 Å². The van der Waals surface area contributed by atoms with Gasteiger partial charge in [-0.05, 0) is 25.1 Å². The fraction of sp³-hybridized carbons (Fsp3) is 0.421. The zero-order valence-electron chi connectivity index (χ0n) is 15.3. The van der Waals surface area contributed by atoms with Crippen molar-refractivity contribution >= 4 is 11.3 Å². The lowest BCUT2D eigenvalue weighted by molar-refractivity contribution is 0.194. The van der Waals surface area contributed by atoms with Gasteiger partial charge in [0.25, 0.3) is 0 Å². The highest BCUT2D eigenvalue weighted by molar-refractivity contribution is 5.51. The summed E-state index contributed by atoms with van der Waals surface area (Å²) in [4.78, 5) is 24.8. The molecule has 3 aromatic heterocycles. The Labute approximate surface area is 156 Å². The number of fused-ring (bicyclic) bond motifs is 2. The molecule has 140 valence electrons. The number of hydrogen-bond donors (Lipinski definition) is 1. The first-order chi connectivity index (χ1) is 13.2. The van der Waals surface area contributed by atoms with E-state index < -0.39 is 0 Å². The molecule has 1 atom stereocenters. The first-order valence-corrected chi connectivity index (χ1v) is 9.37. The first-order valence-electron chi connectivity index (χ1n) is 9.37. The van der Waals surface area contributed by atoms with Crippen LogP contribution < -0.4 is 15.3 Å². The van der Waals surface area contributed by atoms with Gasteiger partial charge in [-0.15, -0.1) is 0 Å². The lowest BCUT2D eigenvalue weighted by atomic mass is 10.1. The van der Waals surface area contributed by atoms with E-state index in [0.717, 1.165) is 56.5 Å². The quantitative estimate of drug-likeness (QED) is 0.751. The van der Waals surface area contributed by atoms with Crippen LogP contribution in [0.4, 0.5) is 5.69 Å². The summed E-state index contributed by atoms with van der Waals surface area (Å²) < 4.78 is 7.30. The number of hydrogen-bond acceptors (Lipinski definition) is 6. The van der Waals surface area contributed by atoms with Crippen molar-refractivity contribution in [1.82, 2.24) is 24.5 Å². The van der Waals surface area contributed by atoms with Gasteiger partial charge in [-0.25, -0.2) is 19.4 Å². The second kappa shape index (κ2) is 6.38. The Morgan fingerprint density at radius 1 is 1.11 bits per heavy atom. The highest BCUT2D eigenvalue weighted by Crippen LogP contribution is 2.28. The molecule has 0 bridgehead atoms. The molecular weight excluding hydrogens is 344 g/mol. The van der Waals surface area contributed by atoms with Gasteiger partial charge in [-0.3, -0.25) is 4.90 Å². The maximum atomic E-state index is 11.4. The molecule has 8 nitrogen and oxygen atoms in total. The monoisotopic (exact) mass is 366 g/mol. The molecule has 3 aromatic rings. The Bertz CT molecular complexity index is 1030. The van der Waals surface area contributed by atoms with E-state index in [2.05, 4.69) is 38.9 Å². The van der Waals surface area contributed by atoms with Crippen LogP contribution in [0.25, 0.3) is 5.65 Å². The molecule has 1 fully saturated rings. The number of rotatable bonds is 3. The molecule has 0 aliphatic carbocycles. The maximum absolute atomic E-state index is 11.4. The van der Waals surface area contributed by atoms with E-state index in [4.69, 9.17) is 9.72 Å². The van der Waals surface area contributed by atoms with Gasteiger partial charge in [0.2, 0.25) is 5.88 Å². The van der Waals surface area contributed by atoms with Crippen molar-refractivity contribution in [2.45, 2.75) is 19.4 Å². The van der Waals surface area contributed by atoms with E-state index in [-0.39, 0.29) is 11.7 Å². The summed E-state index contributed by atoms with van der Waals surface area (Å²) in [6, 6.07) is 8.44. The van der Waals surface area contributed by atoms with Gasteiger partial charge in [0.1, 0.15) is 0 Å². The van der Waals surface area contributed by atoms with Crippen LogP contribution in [-0.4, -0.2) is 57.3 Å². The lowest BCUT2D eigenvalue weighted by Gasteiger charge is -2.38. The van der Waals surface area contributed by atoms with Crippen molar-refractivity contribution in [3.63, 3.8) is 0 Å². The third kappa shape index (κ3) is 2.95. The number of aromatic amines is 1. The van der Waals surface area contributed by atoms with E-state index >= 15 is 0 Å². The van der Waals surface area contributed by atoms with Crippen LogP contribution in [0.15, 0.2) is 35.3 Å². The molecule has 27 heavy (non-hydrogen) atoms. The van der Waals surface area contributed by atoms with Crippen molar-refractivity contribution in [2.24, 2.45) is 0 Å². The minimum absolute atomic E-state index is 0.258. The highest BCUT2D eigenvalue weighted by Gasteiger charge is 2.25. The van der Waals surface area contributed by atoms with Crippen LogP contribution in [0.3, 0.4) is 0 Å². The van der Waals surface area contributed by atoms with E-state index in [1.807, 2.05) is 18.3 Å². The summed E-state index contributed by atoms with van der Waals surface area (Å²) in [7, 11) is 0. The number of piperazine rings is 1. The van der Waals surface area contributed by atoms with Gasteiger partial charge in [-0.2, -0.15) is 4.98 Å². The largest absolute Gasteiger partial charge is 0.477 e. The summed E-state index contributed by atoms with van der Waals surface area (Å²) in [6.45, 7) is 6.72. The van der Waals surface area contributed by atoms with Crippen LogP contribution in [0.5, 0.6) is 5.88 Å². The van der Waals surface area contributed by atoms with Gasteiger partial charge in [-0.1, -0.05) is 6.07 Å². The van der Waals surface area contributed by atoms with Gasteiger partial charge in [0, 0.05) is 44.2 Å². The topological polar surface area (TPSA) is 78.8 Å². The second-order valence-corrected chi connectivity index (χ2v) is 7.14. The zero-order chi connectivity index (χ0) is 18.4. The minimum Gasteiger partial charge on any atom is -0.477 e. The van der Waals surface area contributed by atoms with Gasteiger partial charge >= 0.3 is 5.69 Å². The molecule has 2 aliphatic heterocycles. The Kier molecular flexibility index (Phi) is 3.86. The normalized spacial score (nSPS) is 18.5. The van der Waals surface area contributed by atoms with Crippen molar-refractivity contribution in [3.05, 3.63) is 52.2 Å². The lowest BCUT2D eigenvalue weighted by Crippen LogP contribution is -2.47. The molecule has 0 aromatic carbocycles. The molecule has 0 radical (unpaired) electrons. The SMILES string of the molecule is CC(c1ccc2c(n1)OCC2)N1CCN(c2ccc3nc(=O)[nH]n3c2)CC1. The Morgan fingerprint density at radius 2 is 1.96 bits per heavy atom. The van der Waals surface area contributed by atoms with Gasteiger partial charge in [0.15, 0.2) is 5.65 Å². The summed E-state index contributed by atoms with van der Waals surface area (Å²) >= 11 is 0. The van der Waals surface area contributed by atoms with Gasteiger partial charge in [0.05, 0.1) is 24.2 Å². The predicted octanol–water partition coefficient (Wildman–Crippen LogP) is 1.24. The molecule has 0 spiro atoms. The number of pyridine rings is 2. The average molecular weight is 366 g/mol. The number of ether oxygens (including phenoxy) is 1. The zero-order valence-corrected chi connectivity index (χ0v) is 15.3. The van der Waals surface area contributed by atoms with E-state index in [1.165, 1.54) is 5.56 Å². The third-order valence-electron chi connectivity index (χ3n) is 5.57. The highest BCUT2D eigenvalue weighted by atomic mass is 16.5. The Morgan fingerprint density at radius 3 is 2.81 bits per heavy atom. The standard InChI is InChI=1S/C19H22N6O2/c1-13(16-4-2-14-6-11-27-18(14)20-16)23-7-9-24(10-8-23)15-3-5-17-21-19(26)22-25(17)12-15/h2-5,12-13H,6-11H2,1H3,(H,22,26). The maximum Gasteiger partial charge on any atom is 0.362 e. The second-order valence-electron chi connectivity index (χ2n) is 7.14. The molecule has 1 saturated heterocycles. The van der Waals surface area contributed by atoms with Crippen molar-refractivity contribution in [2.75, 3.05) is 37.7 Å². The fourth-order valence-electron chi connectivity index (χ4n) is 3.93. The molecule has 1 N–H and O–H groups in total. The molecule has 1 unspecified atom stereocenters. The molecule has 5 rings (SSSR count). The van der Waals surface area contributed by atoms with E-state index in [0.29, 0.717) is 5.65 Å². The number of H-pyrrole nitrogens is 1. The molecule has 0 saturated carbocycles. The molecule has 8 heteroatoms. The molecule has 2 aliphatic rings. The summed E-state index contributed by atoms with van der Waals surface area (Å²) in [5, 5.41) is 2.70. The molecular formula is C19H22N6O2. The van der Waals surface area contributed by atoms with Crippen LogP contribution in [0.1, 0.15) is 24.2 Å². The number of nitrogens with zero attached hydrogens (tertiary/aromatic N) is 5. The number of anilines is 1. The Balaban J connectivity index is 1.28. The molecule has 5 heterocycles. The smallest absolute Gasteiger partial charge is 0.362 e. The third-order valence-corrected chi connectivity index (χ3v) is 5.57. The predicted molar refractivity (Wildman–Crippen MR) is 101 cm³/mol. The minimum atomic E-state index is -0.323. The van der Waals surface area contributed by atoms with Crippen molar-refractivity contribution < 1.29 is 4.74 Å². The summed E-state index contributed by atoms with van der Waals surface area (Å²) in [5.41, 5.74) is 3.69. The molecule has 0 amide bonds. The van der Waals surface area contributed by atoms with Crippen LogP contribution in [-0.2, 0) is 6.42 Å². The van der Waals surface area contributed by atoms with Crippen LogP contribution in [0, 0.1) is 0 Å². The van der Waals surface area contributed by atoms with E-state index in [9.17, 15) is 4.79 Å². The summed E-state index contributed by atoms with van der Waals surface area (Å²) in [6.07, 6.45) is 2.89. The van der Waals surface area contributed by atoms with E-state index in [1.54, 1.807) is 4.52 Å². The average Bonchev–Trinajstić information content (AvgIpc) is 3.31. The van der Waals surface area contributed by atoms with Crippen molar-refractivity contribution in [3.8, 4) is 5.88 Å². The number of nitrogens with one attached hydrogen (secondary N) is 1. The fourth-order valence-corrected chi connectivity index (χ4v) is 3.93. The Hall–Kier alpha value is -2.87.